The summed E-state index contributed by atoms with van der Waals surface area (Å²) in [4.78, 5) is 6.14. The van der Waals surface area contributed by atoms with Crippen molar-refractivity contribution in [1.29, 1.82) is 0 Å². The van der Waals surface area contributed by atoms with E-state index < -0.39 is 11.6 Å². The lowest BCUT2D eigenvalue weighted by Crippen LogP contribution is -2.39. The number of hydrogen-bond donors (Lipinski definition) is 1. The zero-order valence-corrected chi connectivity index (χ0v) is 14.7. The largest absolute Gasteiger partial charge is 0.496 e. The Balaban J connectivity index is 1.96. The Morgan fingerprint density at radius 3 is 2.44 bits per heavy atom. The third-order valence-corrected chi connectivity index (χ3v) is 3.89. The lowest BCUT2D eigenvalue weighted by molar-refractivity contribution is 0.396. The third kappa shape index (κ3) is 4.92. The van der Waals surface area contributed by atoms with Gasteiger partial charge in [-0.1, -0.05) is 24.3 Å². The van der Waals surface area contributed by atoms with Gasteiger partial charge in [-0.05, 0) is 24.6 Å². The van der Waals surface area contributed by atoms with Crippen LogP contribution in [0.25, 0.3) is 0 Å². The average molecular weight is 347 g/mol. The van der Waals surface area contributed by atoms with E-state index in [-0.39, 0.29) is 12.0 Å². The van der Waals surface area contributed by atoms with Crippen molar-refractivity contribution >= 4 is 5.96 Å². The van der Waals surface area contributed by atoms with E-state index in [0.717, 1.165) is 11.3 Å². The van der Waals surface area contributed by atoms with Crippen LogP contribution in [0.2, 0.25) is 0 Å². The normalized spacial score (nSPS) is 11.3. The summed E-state index contributed by atoms with van der Waals surface area (Å²) in [6.45, 7) is 0.971. The van der Waals surface area contributed by atoms with Gasteiger partial charge >= 0.3 is 0 Å². The second kappa shape index (κ2) is 9.01. The fourth-order valence-electron chi connectivity index (χ4n) is 2.62. The maximum atomic E-state index is 13.7. The molecule has 0 spiro atoms. The molecular formula is C19H23F2N3O. The zero-order chi connectivity index (χ0) is 18.2. The molecular weight excluding hydrogens is 324 g/mol. The molecule has 0 atom stereocenters. The number of ether oxygens (including phenoxy) is 1. The second-order valence-corrected chi connectivity index (χ2v) is 5.59. The molecule has 1 N–H and O–H groups in total. The lowest BCUT2D eigenvalue weighted by atomic mass is 10.1. The van der Waals surface area contributed by atoms with Crippen LogP contribution in [-0.4, -0.2) is 38.6 Å². The van der Waals surface area contributed by atoms with E-state index in [2.05, 4.69) is 10.3 Å². The van der Waals surface area contributed by atoms with Gasteiger partial charge in [-0.25, -0.2) is 8.78 Å². The first kappa shape index (κ1) is 18.7. The molecule has 25 heavy (non-hydrogen) atoms. The number of nitrogens with zero attached hydrogens (tertiary/aromatic N) is 2. The van der Waals surface area contributed by atoms with Crippen molar-refractivity contribution in [3.05, 3.63) is 65.2 Å². The Labute approximate surface area is 147 Å². The van der Waals surface area contributed by atoms with E-state index in [1.54, 1.807) is 14.2 Å². The van der Waals surface area contributed by atoms with Crippen LogP contribution >= 0.6 is 0 Å². The number of rotatable bonds is 6. The maximum Gasteiger partial charge on any atom is 0.193 e. The molecule has 4 nitrogen and oxygen atoms in total. The van der Waals surface area contributed by atoms with Crippen molar-refractivity contribution in [3.63, 3.8) is 0 Å². The molecule has 0 aliphatic heterocycles. The zero-order valence-electron chi connectivity index (χ0n) is 14.7. The van der Waals surface area contributed by atoms with Crippen LogP contribution in [0.15, 0.2) is 47.5 Å². The van der Waals surface area contributed by atoms with Crippen LogP contribution in [-0.2, 0) is 13.0 Å². The van der Waals surface area contributed by atoms with Crippen molar-refractivity contribution in [2.75, 3.05) is 27.7 Å². The molecule has 0 aromatic heterocycles. The smallest absolute Gasteiger partial charge is 0.193 e. The van der Waals surface area contributed by atoms with Crippen LogP contribution in [0.4, 0.5) is 8.78 Å². The topological polar surface area (TPSA) is 36.9 Å². The number of guanidine groups is 1. The molecule has 0 aliphatic rings. The highest BCUT2D eigenvalue weighted by atomic mass is 19.1. The molecule has 0 bridgehead atoms. The van der Waals surface area contributed by atoms with E-state index in [9.17, 15) is 8.78 Å². The lowest BCUT2D eigenvalue weighted by Gasteiger charge is -2.23. The van der Waals surface area contributed by atoms with Crippen LogP contribution in [0.1, 0.15) is 11.1 Å². The summed E-state index contributed by atoms with van der Waals surface area (Å²) in [5, 5.41) is 3.13. The molecule has 2 rings (SSSR count). The SMILES string of the molecule is CN=C(NCCc1c(F)cccc1F)N(C)Cc1ccccc1OC. The molecule has 0 radical (unpaired) electrons. The first-order chi connectivity index (χ1) is 12.1. The summed E-state index contributed by atoms with van der Waals surface area (Å²) in [5.74, 6) is 0.388. The number of methoxy groups -OCH3 is 1. The van der Waals surface area contributed by atoms with E-state index in [1.807, 2.05) is 36.2 Å². The minimum absolute atomic E-state index is 0.0813. The van der Waals surface area contributed by atoms with Crippen molar-refractivity contribution in [3.8, 4) is 5.75 Å². The predicted molar refractivity (Wildman–Crippen MR) is 95.9 cm³/mol. The van der Waals surface area contributed by atoms with E-state index in [1.165, 1.54) is 18.2 Å². The molecule has 0 aliphatic carbocycles. The molecule has 2 aromatic rings. The Kier molecular flexibility index (Phi) is 6.74. The second-order valence-electron chi connectivity index (χ2n) is 5.59. The van der Waals surface area contributed by atoms with Crippen LogP contribution < -0.4 is 10.1 Å². The molecule has 6 heteroatoms. The van der Waals surface area contributed by atoms with E-state index in [4.69, 9.17) is 4.74 Å². The Bertz CT molecular complexity index is 714. The third-order valence-electron chi connectivity index (χ3n) is 3.89. The van der Waals surface area contributed by atoms with Crippen LogP contribution in [0.5, 0.6) is 5.75 Å². The van der Waals surface area contributed by atoms with Crippen molar-refractivity contribution in [1.82, 2.24) is 10.2 Å². The highest BCUT2D eigenvalue weighted by Crippen LogP contribution is 2.18. The van der Waals surface area contributed by atoms with E-state index >= 15 is 0 Å². The number of aliphatic imine (C=N–C) groups is 1. The highest BCUT2D eigenvalue weighted by Gasteiger charge is 2.11. The van der Waals surface area contributed by atoms with E-state index in [0.29, 0.717) is 19.0 Å². The van der Waals surface area contributed by atoms with Gasteiger partial charge in [0.2, 0.25) is 0 Å². The molecule has 0 saturated carbocycles. The van der Waals surface area contributed by atoms with Crippen LogP contribution in [0, 0.1) is 11.6 Å². The average Bonchev–Trinajstić information content (AvgIpc) is 2.61. The van der Waals surface area contributed by atoms with Gasteiger partial charge < -0.3 is 15.0 Å². The molecule has 134 valence electrons. The fraction of sp³-hybridized carbons (Fsp3) is 0.316. The van der Waals surface area contributed by atoms with Gasteiger partial charge in [0.25, 0.3) is 0 Å². The standard InChI is InChI=1S/C19H23F2N3O/c1-22-19(23-12-11-15-16(20)8-6-9-17(15)21)24(2)13-14-7-4-5-10-18(14)25-3/h4-10H,11-13H2,1-3H3,(H,22,23). The quantitative estimate of drug-likeness (QED) is 0.644. The van der Waals surface area contributed by atoms with Crippen molar-refractivity contribution in [2.24, 2.45) is 4.99 Å². The van der Waals surface area contributed by atoms with Gasteiger partial charge in [0.05, 0.1) is 7.11 Å². The first-order valence-corrected chi connectivity index (χ1v) is 8.03. The first-order valence-electron chi connectivity index (χ1n) is 8.03. The van der Waals surface area contributed by atoms with Gasteiger partial charge in [-0.15, -0.1) is 0 Å². The summed E-state index contributed by atoms with van der Waals surface area (Å²) in [6.07, 6.45) is 0.236. The molecule has 0 heterocycles. The summed E-state index contributed by atoms with van der Waals surface area (Å²) in [5.41, 5.74) is 1.11. The van der Waals surface area contributed by atoms with Gasteiger partial charge in [-0.3, -0.25) is 4.99 Å². The molecule has 0 unspecified atom stereocenters. The highest BCUT2D eigenvalue weighted by molar-refractivity contribution is 5.79. The fourth-order valence-corrected chi connectivity index (χ4v) is 2.62. The summed E-state index contributed by atoms with van der Waals surface area (Å²) in [6, 6.07) is 11.6. The Hall–Kier alpha value is -2.63. The number of halogens is 2. The summed E-state index contributed by atoms with van der Waals surface area (Å²) < 4.78 is 32.7. The summed E-state index contributed by atoms with van der Waals surface area (Å²) >= 11 is 0. The van der Waals surface area contributed by atoms with Crippen LogP contribution in [0.3, 0.4) is 0 Å². The summed E-state index contributed by atoms with van der Waals surface area (Å²) in [7, 11) is 5.20. The van der Waals surface area contributed by atoms with Gasteiger partial charge in [0, 0.05) is 38.3 Å². The van der Waals surface area contributed by atoms with Gasteiger partial charge in [0.1, 0.15) is 17.4 Å². The number of nitrogens with one attached hydrogen (secondary N) is 1. The van der Waals surface area contributed by atoms with Gasteiger partial charge in [0.15, 0.2) is 5.96 Å². The molecule has 0 amide bonds. The Morgan fingerprint density at radius 1 is 1.12 bits per heavy atom. The number of para-hydroxylation sites is 1. The van der Waals surface area contributed by atoms with Gasteiger partial charge in [-0.2, -0.15) is 0 Å². The minimum atomic E-state index is -0.529. The monoisotopic (exact) mass is 347 g/mol. The minimum Gasteiger partial charge on any atom is -0.496 e. The molecule has 0 fully saturated rings. The Morgan fingerprint density at radius 2 is 1.80 bits per heavy atom. The molecule has 0 saturated heterocycles. The van der Waals surface area contributed by atoms with Crippen molar-refractivity contribution < 1.29 is 13.5 Å². The number of hydrogen-bond acceptors (Lipinski definition) is 2. The number of benzene rings is 2. The van der Waals surface area contributed by atoms with Crippen molar-refractivity contribution in [2.45, 2.75) is 13.0 Å². The molecule has 2 aromatic carbocycles. The maximum absolute atomic E-state index is 13.7. The predicted octanol–water partition coefficient (Wildman–Crippen LogP) is 3.22.